The maximum atomic E-state index is 11.7. The number of nitrogens with zero attached hydrogens (tertiary/aromatic N) is 1. The Balaban J connectivity index is 4.05. The van der Waals surface area contributed by atoms with Gasteiger partial charge in [0.05, 0.1) is 5.84 Å². The predicted octanol–water partition coefficient (Wildman–Crippen LogP) is 2.36. The van der Waals surface area contributed by atoms with Crippen LogP contribution in [0.5, 0.6) is 0 Å². The van der Waals surface area contributed by atoms with Crippen molar-refractivity contribution in [1.82, 2.24) is 5.32 Å². The van der Waals surface area contributed by atoms with Crippen molar-refractivity contribution in [2.45, 2.75) is 39.4 Å². The Kier molecular flexibility index (Phi) is 3.75. The standard InChI is InChI=1S/C8H15F3N2/c1-6(13-7(2,3)4)12-5-8(9,10)11/h5H2,1-4H3,(H,12,13). The third-order valence-corrected chi connectivity index (χ3v) is 1.05. The number of hydrogen-bond donors (Lipinski definition) is 1. The highest BCUT2D eigenvalue weighted by Crippen LogP contribution is 2.14. The Labute approximate surface area is 76.2 Å². The summed E-state index contributed by atoms with van der Waals surface area (Å²) in [5.74, 6) is 0.310. The van der Waals surface area contributed by atoms with E-state index < -0.39 is 12.7 Å². The average Bonchev–Trinajstić information content (AvgIpc) is 1.78. The van der Waals surface area contributed by atoms with Gasteiger partial charge < -0.3 is 5.32 Å². The van der Waals surface area contributed by atoms with Gasteiger partial charge in [-0.25, -0.2) is 0 Å². The normalized spacial score (nSPS) is 14.5. The molecule has 0 aliphatic heterocycles. The first kappa shape index (κ1) is 12.3. The lowest BCUT2D eigenvalue weighted by Crippen LogP contribution is -2.39. The van der Waals surface area contributed by atoms with E-state index in [0.29, 0.717) is 5.84 Å². The highest BCUT2D eigenvalue weighted by atomic mass is 19.4. The zero-order chi connectivity index (χ0) is 10.7. The lowest BCUT2D eigenvalue weighted by Gasteiger charge is -2.21. The molecule has 5 heteroatoms. The van der Waals surface area contributed by atoms with Crippen molar-refractivity contribution in [2.24, 2.45) is 4.99 Å². The van der Waals surface area contributed by atoms with Crippen LogP contribution in [-0.4, -0.2) is 24.1 Å². The molecule has 0 atom stereocenters. The average molecular weight is 196 g/mol. The summed E-state index contributed by atoms with van der Waals surface area (Å²) in [5.41, 5.74) is -0.251. The van der Waals surface area contributed by atoms with E-state index in [1.807, 2.05) is 20.8 Å². The minimum Gasteiger partial charge on any atom is -0.369 e. The fourth-order valence-corrected chi connectivity index (χ4v) is 0.790. The van der Waals surface area contributed by atoms with E-state index in [4.69, 9.17) is 0 Å². The van der Waals surface area contributed by atoms with Gasteiger partial charge in [-0.1, -0.05) is 0 Å². The highest BCUT2D eigenvalue weighted by molar-refractivity contribution is 5.80. The molecule has 0 unspecified atom stereocenters. The van der Waals surface area contributed by atoms with Gasteiger partial charge in [0.15, 0.2) is 0 Å². The number of halogens is 3. The quantitative estimate of drug-likeness (QED) is 0.505. The van der Waals surface area contributed by atoms with E-state index in [1.165, 1.54) is 6.92 Å². The first-order valence-electron chi connectivity index (χ1n) is 3.96. The second kappa shape index (κ2) is 3.98. The van der Waals surface area contributed by atoms with Crippen LogP contribution in [0.1, 0.15) is 27.7 Å². The molecule has 0 spiro atoms. The molecule has 0 heterocycles. The molecular formula is C8H15F3N2. The summed E-state index contributed by atoms with van der Waals surface area (Å²) in [5, 5.41) is 2.84. The molecule has 0 amide bonds. The first-order chi connectivity index (χ1) is 5.60. The van der Waals surface area contributed by atoms with Crippen LogP contribution >= 0.6 is 0 Å². The Morgan fingerprint density at radius 3 is 2.00 bits per heavy atom. The molecule has 0 aromatic rings. The third-order valence-electron chi connectivity index (χ3n) is 1.05. The molecule has 0 aromatic carbocycles. The van der Waals surface area contributed by atoms with E-state index >= 15 is 0 Å². The molecule has 0 saturated carbocycles. The van der Waals surface area contributed by atoms with Crippen molar-refractivity contribution in [1.29, 1.82) is 0 Å². The largest absolute Gasteiger partial charge is 0.408 e. The van der Waals surface area contributed by atoms with Gasteiger partial charge >= 0.3 is 6.18 Å². The van der Waals surface area contributed by atoms with Gasteiger partial charge in [0.2, 0.25) is 0 Å². The molecule has 0 aliphatic rings. The van der Waals surface area contributed by atoms with Crippen LogP contribution in [0, 0.1) is 0 Å². The van der Waals surface area contributed by atoms with E-state index in [0.717, 1.165) is 0 Å². The van der Waals surface area contributed by atoms with Gasteiger partial charge in [-0.3, -0.25) is 4.99 Å². The maximum absolute atomic E-state index is 11.7. The maximum Gasteiger partial charge on any atom is 0.408 e. The fraction of sp³-hybridized carbons (Fsp3) is 0.875. The second-order valence-corrected chi connectivity index (χ2v) is 3.89. The lowest BCUT2D eigenvalue weighted by atomic mass is 10.1. The smallest absolute Gasteiger partial charge is 0.369 e. The van der Waals surface area contributed by atoms with Crippen molar-refractivity contribution in [3.63, 3.8) is 0 Å². The summed E-state index contributed by atoms with van der Waals surface area (Å²) in [6, 6.07) is 0. The van der Waals surface area contributed by atoms with Gasteiger partial charge in [0.1, 0.15) is 6.54 Å². The van der Waals surface area contributed by atoms with Crippen molar-refractivity contribution >= 4 is 5.84 Å². The van der Waals surface area contributed by atoms with Gasteiger partial charge in [-0.2, -0.15) is 13.2 Å². The molecule has 13 heavy (non-hydrogen) atoms. The third kappa shape index (κ3) is 9.17. The molecule has 1 N–H and O–H groups in total. The predicted molar refractivity (Wildman–Crippen MR) is 46.9 cm³/mol. The number of hydrogen-bond acceptors (Lipinski definition) is 1. The number of nitrogens with one attached hydrogen (secondary N) is 1. The summed E-state index contributed by atoms with van der Waals surface area (Å²) in [7, 11) is 0. The molecule has 0 rings (SSSR count). The monoisotopic (exact) mass is 196 g/mol. The molecule has 0 fully saturated rings. The van der Waals surface area contributed by atoms with Gasteiger partial charge in [0, 0.05) is 5.54 Å². The van der Waals surface area contributed by atoms with Crippen LogP contribution < -0.4 is 5.32 Å². The molecule has 0 aliphatic carbocycles. The minimum absolute atomic E-state index is 0.251. The van der Waals surface area contributed by atoms with E-state index in [-0.39, 0.29) is 5.54 Å². The summed E-state index contributed by atoms with van der Waals surface area (Å²) >= 11 is 0. The topological polar surface area (TPSA) is 24.4 Å². The van der Waals surface area contributed by atoms with E-state index in [1.54, 1.807) is 0 Å². The van der Waals surface area contributed by atoms with E-state index in [9.17, 15) is 13.2 Å². The van der Waals surface area contributed by atoms with Crippen molar-refractivity contribution in [2.75, 3.05) is 6.54 Å². The Hall–Kier alpha value is -0.740. The van der Waals surface area contributed by atoms with Crippen LogP contribution in [0.4, 0.5) is 13.2 Å². The van der Waals surface area contributed by atoms with Crippen molar-refractivity contribution in [3.8, 4) is 0 Å². The van der Waals surface area contributed by atoms with Crippen LogP contribution in [0.15, 0.2) is 4.99 Å². The molecule has 0 aromatic heterocycles. The Morgan fingerprint density at radius 2 is 1.69 bits per heavy atom. The summed E-state index contributed by atoms with van der Waals surface area (Å²) in [6.07, 6.45) is -4.22. The molecule has 78 valence electrons. The SMILES string of the molecule is CC(=NCC(F)(F)F)NC(C)(C)C. The number of rotatable bonds is 1. The number of amidine groups is 1. The van der Waals surface area contributed by atoms with Crippen molar-refractivity contribution in [3.05, 3.63) is 0 Å². The van der Waals surface area contributed by atoms with Crippen LogP contribution in [0.2, 0.25) is 0 Å². The fourth-order valence-electron chi connectivity index (χ4n) is 0.790. The summed E-state index contributed by atoms with van der Waals surface area (Å²) in [6.45, 7) is 5.98. The lowest BCUT2D eigenvalue weighted by molar-refractivity contribution is -0.118. The zero-order valence-electron chi connectivity index (χ0n) is 8.29. The first-order valence-corrected chi connectivity index (χ1v) is 3.96. The van der Waals surface area contributed by atoms with Gasteiger partial charge in [0.25, 0.3) is 0 Å². The van der Waals surface area contributed by atoms with Crippen molar-refractivity contribution < 1.29 is 13.2 Å². The van der Waals surface area contributed by atoms with Gasteiger partial charge in [-0.05, 0) is 27.7 Å². The number of alkyl halides is 3. The molecule has 0 bridgehead atoms. The number of aliphatic imine (C=N–C) groups is 1. The minimum atomic E-state index is -4.22. The van der Waals surface area contributed by atoms with Crippen LogP contribution in [0.25, 0.3) is 0 Å². The van der Waals surface area contributed by atoms with Crippen LogP contribution in [-0.2, 0) is 0 Å². The van der Waals surface area contributed by atoms with Gasteiger partial charge in [-0.15, -0.1) is 0 Å². The second-order valence-electron chi connectivity index (χ2n) is 3.89. The van der Waals surface area contributed by atoms with Crippen LogP contribution in [0.3, 0.4) is 0 Å². The molecule has 2 nitrogen and oxygen atoms in total. The molecular weight excluding hydrogens is 181 g/mol. The summed E-state index contributed by atoms with van der Waals surface area (Å²) in [4.78, 5) is 3.36. The molecule has 0 saturated heterocycles. The zero-order valence-corrected chi connectivity index (χ0v) is 8.29. The highest BCUT2D eigenvalue weighted by Gasteiger charge is 2.26. The Bertz CT molecular complexity index is 189. The van der Waals surface area contributed by atoms with E-state index in [2.05, 4.69) is 10.3 Å². The summed E-state index contributed by atoms with van der Waals surface area (Å²) < 4.78 is 35.1. The molecule has 0 radical (unpaired) electrons. The Morgan fingerprint density at radius 1 is 1.23 bits per heavy atom.